The predicted octanol–water partition coefficient (Wildman–Crippen LogP) is 1.31. The smallest absolute Gasteiger partial charge is 0.217 e. The Bertz CT molecular complexity index is 133. The van der Waals surface area contributed by atoms with Crippen molar-refractivity contribution in [2.24, 2.45) is 5.92 Å². The summed E-state index contributed by atoms with van der Waals surface area (Å²) in [7, 11) is 0. The van der Waals surface area contributed by atoms with Crippen LogP contribution in [0, 0.1) is 5.92 Å². The molecule has 1 amide bonds. The maximum absolute atomic E-state index is 10.6. The highest BCUT2D eigenvalue weighted by atomic mass is 16.1. The van der Waals surface area contributed by atoms with Crippen LogP contribution in [0.2, 0.25) is 0 Å². The normalized spacial score (nSPS) is 32.2. The highest BCUT2D eigenvalue weighted by Crippen LogP contribution is 2.24. The van der Waals surface area contributed by atoms with E-state index in [2.05, 4.69) is 12.2 Å². The van der Waals surface area contributed by atoms with Gasteiger partial charge in [-0.1, -0.05) is 6.92 Å². The fourth-order valence-electron chi connectivity index (χ4n) is 1.63. The van der Waals surface area contributed by atoms with Gasteiger partial charge in [-0.05, 0) is 25.2 Å². The minimum Gasteiger partial charge on any atom is -0.354 e. The van der Waals surface area contributed by atoms with Crippen LogP contribution in [0.15, 0.2) is 0 Å². The molecule has 0 aromatic carbocycles. The van der Waals surface area contributed by atoms with Gasteiger partial charge in [0.25, 0.3) is 0 Å². The SMILES string of the molecule is CC(=O)N[C@@H]1CCC(C)C1. The van der Waals surface area contributed by atoms with Gasteiger partial charge in [0, 0.05) is 13.0 Å². The van der Waals surface area contributed by atoms with Crippen LogP contribution in [0.5, 0.6) is 0 Å². The molecule has 0 saturated heterocycles. The summed E-state index contributed by atoms with van der Waals surface area (Å²) in [6.07, 6.45) is 3.60. The predicted molar refractivity (Wildman–Crippen MR) is 40.6 cm³/mol. The molecule has 0 aromatic heterocycles. The van der Waals surface area contributed by atoms with Crippen molar-refractivity contribution < 1.29 is 4.79 Å². The highest BCUT2D eigenvalue weighted by molar-refractivity contribution is 5.73. The van der Waals surface area contributed by atoms with Gasteiger partial charge in [-0.15, -0.1) is 0 Å². The summed E-state index contributed by atoms with van der Waals surface area (Å²) in [5.41, 5.74) is 0. The van der Waals surface area contributed by atoms with Crippen LogP contribution < -0.4 is 5.32 Å². The van der Waals surface area contributed by atoms with Crippen LogP contribution in [0.3, 0.4) is 0 Å². The molecular formula is C8H15NO. The minimum atomic E-state index is 0.110. The molecule has 1 aliphatic carbocycles. The summed E-state index contributed by atoms with van der Waals surface area (Å²) in [5, 5.41) is 2.93. The molecule has 1 fully saturated rings. The molecule has 0 spiro atoms. The molecule has 0 heterocycles. The van der Waals surface area contributed by atoms with E-state index in [-0.39, 0.29) is 5.91 Å². The molecule has 0 bridgehead atoms. The summed E-state index contributed by atoms with van der Waals surface area (Å²) in [5.74, 6) is 0.913. The molecule has 2 atom stereocenters. The molecule has 10 heavy (non-hydrogen) atoms. The second kappa shape index (κ2) is 3.04. The lowest BCUT2D eigenvalue weighted by Crippen LogP contribution is -2.30. The number of nitrogens with one attached hydrogen (secondary N) is 1. The quantitative estimate of drug-likeness (QED) is 0.586. The molecule has 1 N–H and O–H groups in total. The first-order valence-electron chi connectivity index (χ1n) is 3.95. The van der Waals surface area contributed by atoms with Crippen LogP contribution in [-0.2, 0) is 4.79 Å². The van der Waals surface area contributed by atoms with E-state index in [9.17, 15) is 4.79 Å². The van der Waals surface area contributed by atoms with Crippen molar-refractivity contribution >= 4 is 5.91 Å². The van der Waals surface area contributed by atoms with E-state index >= 15 is 0 Å². The third kappa shape index (κ3) is 2.01. The number of hydrogen-bond donors (Lipinski definition) is 1. The van der Waals surface area contributed by atoms with E-state index in [4.69, 9.17) is 0 Å². The van der Waals surface area contributed by atoms with Gasteiger partial charge in [-0.25, -0.2) is 0 Å². The molecule has 0 radical (unpaired) electrons. The molecule has 1 unspecified atom stereocenters. The number of carbonyl (C=O) groups excluding carboxylic acids is 1. The topological polar surface area (TPSA) is 29.1 Å². The largest absolute Gasteiger partial charge is 0.354 e. The molecule has 1 saturated carbocycles. The van der Waals surface area contributed by atoms with E-state index < -0.39 is 0 Å². The minimum absolute atomic E-state index is 0.110. The van der Waals surface area contributed by atoms with Gasteiger partial charge >= 0.3 is 0 Å². The Balaban J connectivity index is 2.24. The Morgan fingerprint density at radius 1 is 1.50 bits per heavy atom. The van der Waals surface area contributed by atoms with Gasteiger partial charge in [0.2, 0.25) is 5.91 Å². The van der Waals surface area contributed by atoms with Crippen molar-refractivity contribution in [1.29, 1.82) is 0 Å². The zero-order chi connectivity index (χ0) is 7.56. The summed E-state index contributed by atoms with van der Waals surface area (Å²) in [4.78, 5) is 10.6. The Hall–Kier alpha value is -0.530. The Morgan fingerprint density at radius 2 is 2.20 bits per heavy atom. The Morgan fingerprint density at radius 3 is 2.60 bits per heavy atom. The van der Waals surface area contributed by atoms with E-state index in [1.165, 1.54) is 19.3 Å². The molecule has 2 heteroatoms. The molecule has 58 valence electrons. The molecule has 2 nitrogen and oxygen atoms in total. The maximum Gasteiger partial charge on any atom is 0.217 e. The van der Waals surface area contributed by atoms with Crippen molar-refractivity contribution in [2.75, 3.05) is 0 Å². The number of amides is 1. The fraction of sp³-hybridized carbons (Fsp3) is 0.875. The van der Waals surface area contributed by atoms with E-state index in [0.29, 0.717) is 6.04 Å². The third-order valence-electron chi connectivity index (χ3n) is 2.10. The van der Waals surface area contributed by atoms with Crippen LogP contribution in [-0.4, -0.2) is 11.9 Å². The first-order chi connectivity index (χ1) is 4.68. The molecule has 0 aliphatic heterocycles. The summed E-state index contributed by atoms with van der Waals surface area (Å²) < 4.78 is 0. The van der Waals surface area contributed by atoms with Crippen LogP contribution in [0.4, 0.5) is 0 Å². The second-order valence-corrected chi connectivity index (χ2v) is 3.32. The molecule has 1 rings (SSSR count). The molecule has 1 aliphatic rings. The third-order valence-corrected chi connectivity index (χ3v) is 2.10. The van der Waals surface area contributed by atoms with Crippen molar-refractivity contribution in [3.8, 4) is 0 Å². The number of rotatable bonds is 1. The average molecular weight is 141 g/mol. The second-order valence-electron chi connectivity index (χ2n) is 3.32. The zero-order valence-electron chi connectivity index (χ0n) is 6.68. The van der Waals surface area contributed by atoms with Gasteiger partial charge in [-0.2, -0.15) is 0 Å². The lowest BCUT2D eigenvalue weighted by Gasteiger charge is -2.09. The highest BCUT2D eigenvalue weighted by Gasteiger charge is 2.21. The van der Waals surface area contributed by atoms with Crippen molar-refractivity contribution in [3.05, 3.63) is 0 Å². The zero-order valence-corrected chi connectivity index (χ0v) is 6.68. The average Bonchev–Trinajstić information content (AvgIpc) is 2.13. The molecule has 0 aromatic rings. The van der Waals surface area contributed by atoms with Gasteiger partial charge in [0.1, 0.15) is 0 Å². The Labute approximate surface area is 62.0 Å². The van der Waals surface area contributed by atoms with Gasteiger partial charge < -0.3 is 5.32 Å². The maximum atomic E-state index is 10.6. The van der Waals surface area contributed by atoms with Crippen LogP contribution >= 0.6 is 0 Å². The first kappa shape index (κ1) is 7.58. The van der Waals surface area contributed by atoms with Crippen molar-refractivity contribution in [1.82, 2.24) is 5.32 Å². The Kier molecular flexibility index (Phi) is 2.30. The number of hydrogen-bond acceptors (Lipinski definition) is 1. The van der Waals surface area contributed by atoms with Gasteiger partial charge in [-0.3, -0.25) is 4.79 Å². The standard InChI is InChI=1S/C8H15NO/c1-6-3-4-8(5-6)9-7(2)10/h6,8H,3-5H2,1-2H3,(H,9,10)/t6?,8-/m1/s1. The van der Waals surface area contributed by atoms with Crippen LogP contribution in [0.25, 0.3) is 0 Å². The summed E-state index contributed by atoms with van der Waals surface area (Å²) >= 11 is 0. The monoisotopic (exact) mass is 141 g/mol. The summed E-state index contributed by atoms with van der Waals surface area (Å²) in [6.45, 7) is 3.82. The van der Waals surface area contributed by atoms with Gasteiger partial charge in [0.05, 0.1) is 0 Å². The first-order valence-corrected chi connectivity index (χ1v) is 3.95. The lowest BCUT2D eigenvalue weighted by molar-refractivity contribution is -0.119. The lowest BCUT2D eigenvalue weighted by atomic mass is 10.1. The van der Waals surface area contributed by atoms with Gasteiger partial charge in [0.15, 0.2) is 0 Å². The van der Waals surface area contributed by atoms with E-state index in [0.717, 1.165) is 5.92 Å². The molecular weight excluding hydrogens is 126 g/mol. The summed E-state index contributed by atoms with van der Waals surface area (Å²) in [6, 6.07) is 0.465. The van der Waals surface area contributed by atoms with E-state index in [1.54, 1.807) is 6.92 Å². The van der Waals surface area contributed by atoms with Crippen molar-refractivity contribution in [3.63, 3.8) is 0 Å². The fourth-order valence-corrected chi connectivity index (χ4v) is 1.63. The van der Waals surface area contributed by atoms with E-state index in [1.807, 2.05) is 0 Å². The van der Waals surface area contributed by atoms with Crippen molar-refractivity contribution in [2.45, 2.75) is 39.2 Å². The number of carbonyl (C=O) groups is 1. The van der Waals surface area contributed by atoms with Crippen LogP contribution in [0.1, 0.15) is 33.1 Å².